The maximum absolute atomic E-state index is 12.1. The van der Waals surface area contributed by atoms with Crippen molar-refractivity contribution in [1.82, 2.24) is 20.4 Å². The molecule has 2 aliphatic rings. The Morgan fingerprint density at radius 1 is 1.35 bits per heavy atom. The van der Waals surface area contributed by atoms with E-state index in [1.807, 2.05) is 27.8 Å². The average molecular weight is 566 g/mol. The van der Waals surface area contributed by atoms with Crippen molar-refractivity contribution in [2.45, 2.75) is 44.9 Å². The van der Waals surface area contributed by atoms with Crippen LogP contribution >= 0.6 is 35.3 Å². The maximum Gasteiger partial charge on any atom is 0.407 e. The largest absolute Gasteiger partial charge is 0.444 e. The smallest absolute Gasteiger partial charge is 0.407 e. The van der Waals surface area contributed by atoms with Crippen molar-refractivity contribution in [1.29, 1.82) is 0 Å². The number of thiophene rings is 1. The average Bonchev–Trinajstić information content (AvgIpc) is 3.37. The Balaban J connectivity index is 0.00000341. The van der Waals surface area contributed by atoms with E-state index >= 15 is 0 Å². The predicted molar refractivity (Wildman–Crippen MR) is 136 cm³/mol. The molecule has 1 aromatic heterocycles. The Hall–Kier alpha value is -1.11. The second-order valence-corrected chi connectivity index (χ2v) is 9.66. The molecule has 176 valence electrons. The fraction of sp³-hybridized carbons (Fsp3) is 0.714. The van der Waals surface area contributed by atoms with Gasteiger partial charge in [0.1, 0.15) is 5.60 Å². The molecule has 1 amide bonds. The fourth-order valence-corrected chi connectivity index (χ4v) is 4.71. The van der Waals surface area contributed by atoms with Crippen LogP contribution in [0.2, 0.25) is 0 Å². The molecule has 0 spiro atoms. The van der Waals surface area contributed by atoms with Gasteiger partial charge in [-0.05, 0) is 38.6 Å². The maximum atomic E-state index is 12.1. The highest BCUT2D eigenvalue weighted by Crippen LogP contribution is 2.25. The van der Waals surface area contributed by atoms with Crippen molar-refractivity contribution in [3.8, 4) is 0 Å². The molecule has 2 atom stereocenters. The van der Waals surface area contributed by atoms with Crippen LogP contribution < -0.4 is 10.6 Å². The number of alkyl carbamates (subject to hydrolysis) is 1. The number of guanidine groups is 1. The Labute approximate surface area is 206 Å². The van der Waals surface area contributed by atoms with Crippen molar-refractivity contribution in [3.63, 3.8) is 0 Å². The summed E-state index contributed by atoms with van der Waals surface area (Å²) in [5.74, 6) is 0.873. The van der Waals surface area contributed by atoms with Crippen LogP contribution in [0.4, 0.5) is 4.79 Å². The molecule has 0 aliphatic carbocycles. The zero-order chi connectivity index (χ0) is 21.6. The number of nitrogens with zero attached hydrogens (tertiary/aromatic N) is 3. The second kappa shape index (κ2) is 12.2. The highest BCUT2D eigenvalue weighted by atomic mass is 127. The minimum absolute atomic E-state index is 0. The number of hydrogen-bond acceptors (Lipinski definition) is 6. The van der Waals surface area contributed by atoms with E-state index < -0.39 is 5.60 Å². The van der Waals surface area contributed by atoms with Gasteiger partial charge in [0.2, 0.25) is 0 Å². The van der Waals surface area contributed by atoms with Gasteiger partial charge in [-0.15, -0.1) is 35.3 Å². The molecule has 2 fully saturated rings. The van der Waals surface area contributed by atoms with Gasteiger partial charge in [0.25, 0.3) is 0 Å². The summed E-state index contributed by atoms with van der Waals surface area (Å²) in [5, 5.41) is 8.67. The molecular weight excluding hydrogens is 529 g/mol. The summed E-state index contributed by atoms with van der Waals surface area (Å²) in [6.45, 7) is 11.4. The van der Waals surface area contributed by atoms with Crippen LogP contribution in [0.25, 0.3) is 0 Å². The molecule has 1 aromatic rings. The number of halogens is 1. The number of ether oxygens (including phenoxy) is 2. The number of carbonyl (C=O) groups is 1. The van der Waals surface area contributed by atoms with E-state index in [-0.39, 0.29) is 36.1 Å². The molecule has 0 saturated carbocycles. The van der Waals surface area contributed by atoms with Crippen molar-refractivity contribution in [2.75, 3.05) is 53.0 Å². The van der Waals surface area contributed by atoms with E-state index in [9.17, 15) is 4.79 Å². The molecule has 8 nitrogen and oxygen atoms in total. The van der Waals surface area contributed by atoms with E-state index in [1.54, 1.807) is 11.3 Å². The zero-order valence-corrected chi connectivity index (χ0v) is 22.1. The lowest BCUT2D eigenvalue weighted by molar-refractivity contribution is 0.0176. The van der Waals surface area contributed by atoms with Gasteiger partial charge < -0.3 is 25.0 Å². The molecule has 0 radical (unpaired) electrons. The summed E-state index contributed by atoms with van der Waals surface area (Å²) >= 11 is 1.79. The summed E-state index contributed by atoms with van der Waals surface area (Å²) in [5.41, 5.74) is -0.490. The van der Waals surface area contributed by atoms with Crippen molar-refractivity contribution in [2.24, 2.45) is 4.99 Å². The van der Waals surface area contributed by atoms with Gasteiger partial charge in [-0.2, -0.15) is 0 Å². The standard InChI is InChI=1S/C21H35N5O3S.HI/c1-21(2,3)29-20(27)24-16-7-8-26(15-16)19(22-4)23-14-17(18-6-5-13-30-18)25-9-11-28-12-10-25;/h5-6,13,16-17H,7-12,14-15H2,1-4H3,(H,22,23)(H,24,27);1H. The molecule has 3 rings (SSSR count). The number of likely N-dealkylation sites (tertiary alicyclic amines) is 1. The highest BCUT2D eigenvalue weighted by Gasteiger charge is 2.29. The molecule has 3 heterocycles. The van der Waals surface area contributed by atoms with Gasteiger partial charge in [0, 0.05) is 44.6 Å². The summed E-state index contributed by atoms with van der Waals surface area (Å²) in [6, 6.07) is 4.66. The second-order valence-electron chi connectivity index (χ2n) is 8.69. The van der Waals surface area contributed by atoms with E-state index in [4.69, 9.17) is 9.47 Å². The Kier molecular flexibility index (Phi) is 10.3. The first-order chi connectivity index (χ1) is 14.4. The zero-order valence-electron chi connectivity index (χ0n) is 18.9. The van der Waals surface area contributed by atoms with Crippen LogP contribution in [0.5, 0.6) is 0 Å². The quantitative estimate of drug-likeness (QED) is 0.325. The lowest BCUT2D eigenvalue weighted by Crippen LogP contribution is -2.47. The summed E-state index contributed by atoms with van der Waals surface area (Å²) in [4.78, 5) is 22.6. The third-order valence-corrected chi connectivity index (χ3v) is 6.21. The van der Waals surface area contributed by atoms with Gasteiger partial charge in [-0.3, -0.25) is 9.89 Å². The van der Waals surface area contributed by atoms with E-state index in [0.29, 0.717) is 6.04 Å². The number of aliphatic imine (C=N–C) groups is 1. The molecule has 0 bridgehead atoms. The van der Waals surface area contributed by atoms with Gasteiger partial charge in [0.15, 0.2) is 5.96 Å². The Morgan fingerprint density at radius 2 is 2.10 bits per heavy atom. The molecule has 2 saturated heterocycles. The van der Waals surface area contributed by atoms with Crippen LogP contribution in [-0.4, -0.2) is 86.5 Å². The number of carbonyl (C=O) groups excluding carboxylic acids is 1. The molecule has 10 heteroatoms. The van der Waals surface area contributed by atoms with Crippen LogP contribution in [-0.2, 0) is 9.47 Å². The van der Waals surface area contributed by atoms with Crippen molar-refractivity contribution < 1.29 is 14.3 Å². The molecule has 2 unspecified atom stereocenters. The Morgan fingerprint density at radius 3 is 2.71 bits per heavy atom. The lowest BCUT2D eigenvalue weighted by atomic mass is 10.2. The number of amides is 1. The number of hydrogen-bond donors (Lipinski definition) is 2. The molecule has 31 heavy (non-hydrogen) atoms. The van der Waals surface area contributed by atoms with Crippen LogP contribution in [0.3, 0.4) is 0 Å². The fourth-order valence-electron chi connectivity index (χ4n) is 3.84. The summed E-state index contributed by atoms with van der Waals surface area (Å²) in [6.07, 6.45) is 0.514. The van der Waals surface area contributed by atoms with E-state index in [0.717, 1.165) is 58.3 Å². The van der Waals surface area contributed by atoms with Crippen molar-refractivity contribution >= 4 is 47.4 Å². The first kappa shape index (κ1) is 26.1. The van der Waals surface area contributed by atoms with Crippen LogP contribution in [0, 0.1) is 0 Å². The summed E-state index contributed by atoms with van der Waals surface area (Å²) in [7, 11) is 1.81. The lowest BCUT2D eigenvalue weighted by Gasteiger charge is -2.35. The number of nitrogens with one attached hydrogen (secondary N) is 2. The predicted octanol–water partition coefficient (Wildman–Crippen LogP) is 2.91. The molecule has 0 aromatic carbocycles. The van der Waals surface area contributed by atoms with Gasteiger partial charge in [0.05, 0.1) is 25.3 Å². The summed E-state index contributed by atoms with van der Waals surface area (Å²) < 4.78 is 10.9. The normalized spacial score (nSPS) is 21.4. The Bertz CT molecular complexity index is 704. The van der Waals surface area contributed by atoms with Crippen LogP contribution in [0.1, 0.15) is 38.1 Å². The first-order valence-electron chi connectivity index (χ1n) is 10.7. The molecule has 2 aliphatic heterocycles. The van der Waals surface area contributed by atoms with Gasteiger partial charge in [-0.25, -0.2) is 4.79 Å². The van der Waals surface area contributed by atoms with Crippen molar-refractivity contribution in [3.05, 3.63) is 22.4 Å². The third kappa shape index (κ3) is 8.07. The monoisotopic (exact) mass is 565 g/mol. The van der Waals surface area contributed by atoms with Crippen LogP contribution in [0.15, 0.2) is 22.5 Å². The SMILES string of the molecule is CN=C(NCC(c1cccs1)N1CCOCC1)N1CCC(NC(=O)OC(C)(C)C)C1.I. The van der Waals surface area contributed by atoms with Gasteiger partial charge >= 0.3 is 6.09 Å². The minimum atomic E-state index is -0.490. The highest BCUT2D eigenvalue weighted by molar-refractivity contribution is 14.0. The van der Waals surface area contributed by atoms with E-state index in [1.165, 1.54) is 4.88 Å². The molecular formula is C21H36IN5O3S. The van der Waals surface area contributed by atoms with E-state index in [2.05, 4.69) is 42.9 Å². The third-order valence-electron chi connectivity index (χ3n) is 5.23. The van der Waals surface area contributed by atoms with Gasteiger partial charge in [-0.1, -0.05) is 6.07 Å². The minimum Gasteiger partial charge on any atom is -0.444 e. The first-order valence-corrected chi connectivity index (χ1v) is 11.5. The number of morpholine rings is 1. The number of rotatable bonds is 5. The molecule has 2 N–H and O–H groups in total. The topological polar surface area (TPSA) is 78.4 Å².